The maximum Gasteiger partial charge on any atom is 0.253 e. The quantitative estimate of drug-likeness (QED) is 0.903. The summed E-state index contributed by atoms with van der Waals surface area (Å²) in [7, 11) is 1.84. The van der Waals surface area contributed by atoms with E-state index >= 15 is 0 Å². The summed E-state index contributed by atoms with van der Waals surface area (Å²) in [6.45, 7) is 5.39. The van der Waals surface area contributed by atoms with Gasteiger partial charge in [-0.1, -0.05) is 26.0 Å². The number of hydrogen-bond acceptors (Lipinski definition) is 4. The molecule has 1 aliphatic rings. The zero-order valence-electron chi connectivity index (χ0n) is 13.0. The fourth-order valence-corrected chi connectivity index (χ4v) is 5.19. The van der Waals surface area contributed by atoms with E-state index in [9.17, 15) is 4.79 Å². The molecule has 1 aromatic carbocycles. The first kappa shape index (κ1) is 16.7. The summed E-state index contributed by atoms with van der Waals surface area (Å²) in [5.41, 5.74) is 7.75. The van der Waals surface area contributed by atoms with E-state index < -0.39 is 0 Å². The molecular weight excluding hydrogens is 300 g/mol. The number of carbonyl (C=O) groups excluding carboxylic acids is 1. The van der Waals surface area contributed by atoms with Gasteiger partial charge >= 0.3 is 0 Å². The molecule has 0 radical (unpaired) electrons. The van der Waals surface area contributed by atoms with E-state index in [0.717, 1.165) is 5.56 Å². The van der Waals surface area contributed by atoms with Gasteiger partial charge in [0.2, 0.25) is 0 Å². The van der Waals surface area contributed by atoms with Crippen LogP contribution in [-0.4, -0.2) is 42.4 Å². The molecule has 5 heteroatoms. The maximum atomic E-state index is 12.4. The Bertz CT molecular complexity index is 482. The van der Waals surface area contributed by atoms with Crippen LogP contribution in [0.5, 0.6) is 0 Å². The van der Waals surface area contributed by atoms with Gasteiger partial charge in [-0.15, -0.1) is 23.5 Å². The lowest BCUT2D eigenvalue weighted by molar-refractivity contribution is 0.0740. The van der Waals surface area contributed by atoms with E-state index in [-0.39, 0.29) is 11.3 Å². The number of carbonyl (C=O) groups is 1. The van der Waals surface area contributed by atoms with Gasteiger partial charge in [-0.2, -0.15) is 0 Å². The lowest BCUT2D eigenvalue weighted by Gasteiger charge is -2.29. The van der Waals surface area contributed by atoms with E-state index in [1.807, 2.05) is 42.7 Å². The van der Waals surface area contributed by atoms with Gasteiger partial charge in [-0.05, 0) is 29.7 Å². The average Bonchev–Trinajstić information content (AvgIpc) is 3.00. The number of rotatable bonds is 5. The first-order valence-electron chi connectivity index (χ1n) is 7.22. The van der Waals surface area contributed by atoms with E-state index in [4.69, 9.17) is 5.73 Å². The van der Waals surface area contributed by atoms with Crippen LogP contribution < -0.4 is 5.73 Å². The fourth-order valence-electron chi connectivity index (χ4n) is 2.33. The molecular formula is C16H24N2OS2. The van der Waals surface area contributed by atoms with Crippen LogP contribution in [0.25, 0.3) is 0 Å². The van der Waals surface area contributed by atoms with Crippen LogP contribution in [-0.2, 0) is 0 Å². The first-order chi connectivity index (χ1) is 9.93. The molecule has 0 spiro atoms. The lowest BCUT2D eigenvalue weighted by atomic mass is 9.93. The Morgan fingerprint density at radius 1 is 1.29 bits per heavy atom. The molecule has 1 heterocycles. The molecule has 2 rings (SSSR count). The molecule has 1 saturated heterocycles. The van der Waals surface area contributed by atoms with Crippen LogP contribution in [0.4, 0.5) is 0 Å². The topological polar surface area (TPSA) is 46.3 Å². The number of nitrogens with two attached hydrogens (primary N) is 1. The first-order valence-corrected chi connectivity index (χ1v) is 9.31. The summed E-state index contributed by atoms with van der Waals surface area (Å²) >= 11 is 3.96. The molecule has 0 unspecified atom stereocenters. The van der Waals surface area contributed by atoms with Crippen LogP contribution in [0.2, 0.25) is 0 Å². The summed E-state index contributed by atoms with van der Waals surface area (Å²) in [5, 5.41) is 0. The Labute approximate surface area is 136 Å². The second-order valence-electron chi connectivity index (χ2n) is 6.23. The minimum absolute atomic E-state index is 0.0541. The highest BCUT2D eigenvalue weighted by Crippen LogP contribution is 2.45. The van der Waals surface area contributed by atoms with Crippen molar-refractivity contribution in [1.82, 2.24) is 4.90 Å². The van der Waals surface area contributed by atoms with E-state index in [2.05, 4.69) is 26.0 Å². The van der Waals surface area contributed by atoms with Crippen LogP contribution in [0.15, 0.2) is 24.3 Å². The van der Waals surface area contributed by atoms with Crippen molar-refractivity contribution in [3.63, 3.8) is 0 Å². The molecule has 1 amide bonds. The molecule has 1 fully saturated rings. The van der Waals surface area contributed by atoms with Crippen LogP contribution in [0.1, 0.15) is 34.4 Å². The van der Waals surface area contributed by atoms with Crippen molar-refractivity contribution in [3.8, 4) is 0 Å². The number of hydrogen-bond donors (Lipinski definition) is 1. The Kier molecular flexibility index (Phi) is 5.63. The summed E-state index contributed by atoms with van der Waals surface area (Å²) in [4.78, 5) is 14.2. The highest BCUT2D eigenvalue weighted by atomic mass is 32.2. The third kappa shape index (κ3) is 4.41. The zero-order valence-corrected chi connectivity index (χ0v) is 14.6. The van der Waals surface area contributed by atoms with Gasteiger partial charge in [0.25, 0.3) is 5.91 Å². The van der Waals surface area contributed by atoms with E-state index in [1.165, 1.54) is 17.1 Å². The molecule has 0 bridgehead atoms. The molecule has 2 N–H and O–H groups in total. The fraction of sp³-hybridized carbons (Fsp3) is 0.562. The standard InChI is InChI=1S/C16H24N2OS2/c1-16(2,10-17)11-18(3)14(19)12-4-6-13(7-5-12)15-20-8-9-21-15/h4-7,15H,8-11,17H2,1-3H3. The predicted molar refractivity (Wildman–Crippen MR) is 93.9 cm³/mol. The van der Waals surface area contributed by atoms with Crippen molar-refractivity contribution in [2.45, 2.75) is 18.4 Å². The van der Waals surface area contributed by atoms with Crippen molar-refractivity contribution >= 4 is 29.4 Å². The monoisotopic (exact) mass is 324 g/mol. The highest BCUT2D eigenvalue weighted by molar-refractivity contribution is 8.19. The van der Waals surface area contributed by atoms with Gasteiger partial charge in [0.05, 0.1) is 4.58 Å². The van der Waals surface area contributed by atoms with Crippen molar-refractivity contribution in [3.05, 3.63) is 35.4 Å². The molecule has 3 nitrogen and oxygen atoms in total. The summed E-state index contributed by atoms with van der Waals surface area (Å²) in [6, 6.07) is 8.07. The largest absolute Gasteiger partial charge is 0.341 e. The van der Waals surface area contributed by atoms with Crippen molar-refractivity contribution in [2.75, 3.05) is 31.6 Å². The number of amides is 1. The molecule has 0 aliphatic carbocycles. The number of nitrogens with zero attached hydrogens (tertiary/aromatic N) is 1. The summed E-state index contributed by atoms with van der Waals surface area (Å²) < 4.78 is 0.531. The highest BCUT2D eigenvalue weighted by Gasteiger charge is 2.23. The molecule has 21 heavy (non-hydrogen) atoms. The van der Waals surface area contributed by atoms with Gasteiger partial charge in [0.1, 0.15) is 0 Å². The smallest absolute Gasteiger partial charge is 0.253 e. The molecule has 0 atom stereocenters. The molecule has 0 saturated carbocycles. The minimum atomic E-state index is -0.0541. The van der Waals surface area contributed by atoms with Gasteiger partial charge < -0.3 is 10.6 Å². The Morgan fingerprint density at radius 3 is 2.38 bits per heavy atom. The predicted octanol–water partition coefficient (Wildman–Crippen LogP) is 3.22. The molecule has 1 aliphatic heterocycles. The minimum Gasteiger partial charge on any atom is -0.341 e. The number of thioether (sulfide) groups is 2. The number of benzene rings is 1. The van der Waals surface area contributed by atoms with Gasteiger partial charge in [-0.25, -0.2) is 0 Å². The second kappa shape index (κ2) is 7.07. The van der Waals surface area contributed by atoms with Gasteiger partial charge in [-0.3, -0.25) is 4.79 Å². The van der Waals surface area contributed by atoms with Crippen molar-refractivity contribution in [1.29, 1.82) is 0 Å². The normalized spacial score (nSPS) is 16.2. The van der Waals surface area contributed by atoms with E-state index in [1.54, 1.807) is 4.90 Å². The van der Waals surface area contributed by atoms with Crippen LogP contribution >= 0.6 is 23.5 Å². The third-order valence-electron chi connectivity index (χ3n) is 3.62. The molecule has 1 aromatic rings. The third-order valence-corrected chi connectivity index (χ3v) is 6.72. The van der Waals surface area contributed by atoms with Crippen molar-refractivity contribution in [2.24, 2.45) is 11.1 Å². The van der Waals surface area contributed by atoms with Gasteiger partial charge in [0, 0.05) is 30.7 Å². The maximum absolute atomic E-state index is 12.4. The zero-order chi connectivity index (χ0) is 15.5. The molecule has 116 valence electrons. The summed E-state index contributed by atoms with van der Waals surface area (Å²) in [6.07, 6.45) is 0. The Balaban J connectivity index is 2.02. The van der Waals surface area contributed by atoms with Crippen LogP contribution in [0.3, 0.4) is 0 Å². The Hall–Kier alpha value is -0.650. The lowest BCUT2D eigenvalue weighted by Crippen LogP contribution is -2.39. The summed E-state index contributed by atoms with van der Waals surface area (Å²) in [5.74, 6) is 2.50. The van der Waals surface area contributed by atoms with Crippen molar-refractivity contribution < 1.29 is 4.79 Å². The average molecular weight is 325 g/mol. The van der Waals surface area contributed by atoms with Gasteiger partial charge in [0.15, 0.2) is 0 Å². The Morgan fingerprint density at radius 2 is 1.86 bits per heavy atom. The SMILES string of the molecule is CN(CC(C)(C)CN)C(=O)c1ccc(C2SCCS2)cc1. The van der Waals surface area contributed by atoms with E-state index in [0.29, 0.717) is 17.7 Å². The second-order valence-corrected chi connectivity index (χ2v) is 8.95. The van der Waals surface area contributed by atoms with Crippen LogP contribution in [0, 0.1) is 5.41 Å². The molecule has 0 aromatic heterocycles.